The summed E-state index contributed by atoms with van der Waals surface area (Å²) in [4.78, 5) is 11.5. The molecule has 2 aliphatic rings. The lowest BCUT2D eigenvalue weighted by molar-refractivity contribution is -0.114. The lowest BCUT2D eigenvalue weighted by Crippen LogP contribution is -2.14. The Bertz CT molecular complexity index is 227. The molecule has 2 aliphatic carbocycles. The zero-order valence-corrected chi connectivity index (χ0v) is 7.68. The van der Waals surface area contributed by atoms with E-state index in [0.29, 0.717) is 17.6 Å². The Labute approximate surface area is 73.8 Å². The van der Waals surface area contributed by atoms with Crippen LogP contribution in [0.25, 0.3) is 0 Å². The molecule has 0 N–H and O–H groups in total. The van der Waals surface area contributed by atoms with Crippen LogP contribution < -0.4 is 0 Å². The van der Waals surface area contributed by atoms with E-state index in [-0.39, 0.29) is 0 Å². The molecule has 1 heteroatoms. The Morgan fingerprint density at radius 3 is 2.83 bits per heavy atom. The van der Waals surface area contributed by atoms with Gasteiger partial charge in [0.25, 0.3) is 0 Å². The average Bonchev–Trinajstić information content (AvgIpc) is 2.40. The van der Waals surface area contributed by atoms with E-state index in [1.165, 1.54) is 25.7 Å². The number of hydrogen-bond acceptors (Lipinski definition) is 1. The van der Waals surface area contributed by atoms with Crippen LogP contribution in [-0.4, -0.2) is 5.78 Å². The minimum absolute atomic E-state index is 0.425. The van der Waals surface area contributed by atoms with Crippen molar-refractivity contribution in [1.29, 1.82) is 0 Å². The fraction of sp³-hybridized carbons (Fsp3) is 0.727. The molecule has 0 aromatic carbocycles. The van der Waals surface area contributed by atoms with Crippen molar-refractivity contribution in [2.24, 2.45) is 11.8 Å². The largest absolute Gasteiger partial charge is 0.295 e. The first-order chi connectivity index (χ1) is 5.83. The molecule has 2 atom stereocenters. The molecule has 0 saturated heterocycles. The van der Waals surface area contributed by atoms with Crippen molar-refractivity contribution >= 4 is 5.78 Å². The number of allylic oxidation sites excluding steroid dienone is 2. The molecule has 0 aliphatic heterocycles. The van der Waals surface area contributed by atoms with Gasteiger partial charge in [0.2, 0.25) is 0 Å². The second-order valence-corrected chi connectivity index (χ2v) is 4.02. The lowest BCUT2D eigenvalue weighted by Gasteiger charge is -2.24. The van der Waals surface area contributed by atoms with Crippen molar-refractivity contribution < 1.29 is 4.79 Å². The van der Waals surface area contributed by atoms with Crippen molar-refractivity contribution in [1.82, 2.24) is 0 Å². The van der Waals surface area contributed by atoms with Gasteiger partial charge in [0.15, 0.2) is 5.78 Å². The maximum absolute atomic E-state index is 11.5. The van der Waals surface area contributed by atoms with Gasteiger partial charge in [-0.3, -0.25) is 4.79 Å². The van der Waals surface area contributed by atoms with E-state index >= 15 is 0 Å². The summed E-state index contributed by atoms with van der Waals surface area (Å²) in [5, 5.41) is 0. The van der Waals surface area contributed by atoms with Gasteiger partial charge in [-0.05, 0) is 37.2 Å². The summed E-state index contributed by atoms with van der Waals surface area (Å²) >= 11 is 0. The van der Waals surface area contributed by atoms with E-state index in [1.807, 2.05) is 13.0 Å². The van der Waals surface area contributed by atoms with Gasteiger partial charge in [-0.1, -0.05) is 18.9 Å². The van der Waals surface area contributed by atoms with Crippen LogP contribution in [0.1, 0.15) is 39.0 Å². The van der Waals surface area contributed by atoms with Crippen LogP contribution in [0.15, 0.2) is 11.6 Å². The SMILES string of the molecule is C/C=C1/C(=O)C[C@H]2CCCC[C@@H]12. The normalized spacial score (nSPS) is 38.8. The van der Waals surface area contributed by atoms with Crippen molar-refractivity contribution in [3.63, 3.8) is 0 Å². The van der Waals surface area contributed by atoms with Gasteiger partial charge >= 0.3 is 0 Å². The summed E-state index contributed by atoms with van der Waals surface area (Å²) in [7, 11) is 0. The van der Waals surface area contributed by atoms with Crippen molar-refractivity contribution in [2.75, 3.05) is 0 Å². The molecule has 2 fully saturated rings. The second-order valence-electron chi connectivity index (χ2n) is 4.02. The molecule has 0 amide bonds. The number of carbonyl (C=O) groups is 1. The minimum atomic E-state index is 0.425. The predicted molar refractivity (Wildman–Crippen MR) is 48.8 cm³/mol. The highest BCUT2D eigenvalue weighted by Crippen LogP contribution is 2.43. The van der Waals surface area contributed by atoms with Gasteiger partial charge in [-0.15, -0.1) is 0 Å². The Balaban J connectivity index is 2.21. The first kappa shape index (κ1) is 8.03. The molecule has 2 saturated carbocycles. The fourth-order valence-corrected chi connectivity index (χ4v) is 2.80. The number of fused-ring (bicyclic) bond motifs is 1. The molecular formula is C11H16O. The third-order valence-corrected chi connectivity index (χ3v) is 3.39. The van der Waals surface area contributed by atoms with E-state index in [0.717, 1.165) is 12.0 Å². The highest BCUT2D eigenvalue weighted by Gasteiger charge is 2.37. The number of rotatable bonds is 0. The van der Waals surface area contributed by atoms with Gasteiger partial charge in [0.1, 0.15) is 0 Å². The van der Waals surface area contributed by atoms with E-state index in [9.17, 15) is 4.79 Å². The van der Waals surface area contributed by atoms with Crippen LogP contribution in [0.3, 0.4) is 0 Å². The van der Waals surface area contributed by atoms with Crippen LogP contribution in [-0.2, 0) is 4.79 Å². The van der Waals surface area contributed by atoms with Crippen molar-refractivity contribution in [3.05, 3.63) is 11.6 Å². The van der Waals surface area contributed by atoms with Crippen molar-refractivity contribution in [2.45, 2.75) is 39.0 Å². The van der Waals surface area contributed by atoms with Gasteiger partial charge in [0.05, 0.1) is 0 Å². The van der Waals surface area contributed by atoms with Gasteiger partial charge in [0, 0.05) is 6.42 Å². The molecule has 2 rings (SSSR count). The Hall–Kier alpha value is -0.590. The molecule has 0 radical (unpaired) electrons. The summed E-state index contributed by atoms with van der Waals surface area (Å²) in [5.41, 5.74) is 1.14. The quantitative estimate of drug-likeness (QED) is 0.503. The standard InChI is InChI=1S/C11H16O/c1-2-9-10-6-4-3-5-8(10)7-11(9)12/h2,8,10H,3-7H2,1H3/b9-2+/t8-,10-/m1/s1. The summed E-state index contributed by atoms with van der Waals surface area (Å²) in [6.45, 7) is 2.00. The van der Waals surface area contributed by atoms with E-state index < -0.39 is 0 Å². The van der Waals surface area contributed by atoms with Crippen LogP contribution in [0, 0.1) is 11.8 Å². The van der Waals surface area contributed by atoms with E-state index in [4.69, 9.17) is 0 Å². The topological polar surface area (TPSA) is 17.1 Å². The van der Waals surface area contributed by atoms with Gasteiger partial charge < -0.3 is 0 Å². The summed E-state index contributed by atoms with van der Waals surface area (Å²) < 4.78 is 0. The Morgan fingerprint density at radius 2 is 2.08 bits per heavy atom. The molecule has 0 bridgehead atoms. The fourth-order valence-electron chi connectivity index (χ4n) is 2.80. The molecule has 0 unspecified atom stereocenters. The lowest BCUT2D eigenvalue weighted by atomic mass is 9.80. The van der Waals surface area contributed by atoms with Crippen molar-refractivity contribution in [3.8, 4) is 0 Å². The number of Topliss-reactive ketones (excluding diaryl/α,β-unsaturated/α-hetero) is 1. The van der Waals surface area contributed by atoms with Gasteiger partial charge in [-0.25, -0.2) is 0 Å². The molecule has 1 nitrogen and oxygen atoms in total. The molecule has 12 heavy (non-hydrogen) atoms. The second kappa shape index (κ2) is 3.04. The Morgan fingerprint density at radius 1 is 1.33 bits per heavy atom. The molecule has 0 aromatic heterocycles. The smallest absolute Gasteiger partial charge is 0.159 e. The van der Waals surface area contributed by atoms with Crippen LogP contribution in [0.4, 0.5) is 0 Å². The van der Waals surface area contributed by atoms with Gasteiger partial charge in [-0.2, -0.15) is 0 Å². The number of carbonyl (C=O) groups excluding carboxylic acids is 1. The molecule has 66 valence electrons. The summed E-state index contributed by atoms with van der Waals surface area (Å²) in [6, 6.07) is 0. The monoisotopic (exact) mass is 164 g/mol. The third-order valence-electron chi connectivity index (χ3n) is 3.39. The van der Waals surface area contributed by atoms with E-state index in [1.54, 1.807) is 0 Å². The average molecular weight is 164 g/mol. The first-order valence-electron chi connectivity index (χ1n) is 5.02. The third kappa shape index (κ3) is 1.12. The van der Waals surface area contributed by atoms with Crippen LogP contribution in [0.2, 0.25) is 0 Å². The minimum Gasteiger partial charge on any atom is -0.295 e. The first-order valence-corrected chi connectivity index (χ1v) is 5.02. The number of ketones is 1. The van der Waals surface area contributed by atoms with Crippen LogP contribution in [0.5, 0.6) is 0 Å². The molecular weight excluding hydrogens is 148 g/mol. The highest BCUT2D eigenvalue weighted by molar-refractivity contribution is 5.98. The highest BCUT2D eigenvalue weighted by atomic mass is 16.1. The molecule has 0 heterocycles. The summed E-state index contributed by atoms with van der Waals surface area (Å²) in [6.07, 6.45) is 8.09. The van der Waals surface area contributed by atoms with Crippen LogP contribution >= 0.6 is 0 Å². The predicted octanol–water partition coefficient (Wildman–Crippen LogP) is 2.71. The maximum Gasteiger partial charge on any atom is 0.159 e. The molecule has 0 spiro atoms. The zero-order chi connectivity index (χ0) is 8.55. The zero-order valence-electron chi connectivity index (χ0n) is 7.68. The maximum atomic E-state index is 11.5. The number of hydrogen-bond donors (Lipinski definition) is 0. The molecule has 0 aromatic rings. The Kier molecular flexibility index (Phi) is 2.03. The summed E-state index contributed by atoms with van der Waals surface area (Å²) in [5.74, 6) is 1.77. The van der Waals surface area contributed by atoms with E-state index in [2.05, 4.69) is 0 Å².